The molecule has 1 aliphatic heterocycles. The number of hydrogen-bond donors (Lipinski definition) is 3. The third kappa shape index (κ3) is 6.47. The molecule has 2 heterocycles. The van der Waals surface area contributed by atoms with Gasteiger partial charge in [-0.2, -0.15) is 0 Å². The maximum atomic E-state index is 14.3. The Bertz CT molecular complexity index is 1530. The Hall–Kier alpha value is -4.35. The summed E-state index contributed by atoms with van der Waals surface area (Å²) >= 11 is 0. The lowest BCUT2D eigenvalue weighted by Crippen LogP contribution is -2.59. The van der Waals surface area contributed by atoms with Gasteiger partial charge in [-0.25, -0.2) is 9.59 Å². The summed E-state index contributed by atoms with van der Waals surface area (Å²) in [5.41, 5.74) is -0.687. The van der Waals surface area contributed by atoms with E-state index in [1.807, 2.05) is 33.8 Å². The average molecular weight is 637 g/mol. The number of carbonyl (C=O) groups excluding carboxylic acids is 3. The van der Waals surface area contributed by atoms with E-state index in [0.717, 1.165) is 36.6 Å². The number of alkyl carbamates (subject to hydrolysis) is 1. The lowest BCUT2D eigenvalue weighted by Gasteiger charge is -2.35. The van der Waals surface area contributed by atoms with Gasteiger partial charge in [0.2, 0.25) is 11.8 Å². The third-order valence-corrected chi connectivity index (χ3v) is 9.40. The number of rotatable bonds is 10. The number of likely N-dealkylation sites (tertiary alicyclic amines) is 1. The van der Waals surface area contributed by atoms with Gasteiger partial charge in [-0.1, -0.05) is 26.8 Å². The van der Waals surface area contributed by atoms with Crippen LogP contribution in [0.5, 0.6) is 11.5 Å². The summed E-state index contributed by atoms with van der Waals surface area (Å²) in [6.45, 7) is 11.1. The van der Waals surface area contributed by atoms with Gasteiger partial charge in [0.05, 0.1) is 19.2 Å². The van der Waals surface area contributed by atoms with Crippen LogP contribution in [0.4, 0.5) is 4.79 Å². The topological polar surface area (TPSA) is 156 Å². The van der Waals surface area contributed by atoms with Crippen LogP contribution < -0.4 is 20.1 Å². The number of aryl methyl sites for hydroxylation is 1. The highest BCUT2D eigenvalue weighted by atomic mass is 16.6. The number of carboxylic acid groups (broad SMARTS) is 1. The van der Waals surface area contributed by atoms with E-state index >= 15 is 0 Å². The normalized spacial score (nSPS) is 25.1. The molecule has 248 valence electrons. The number of aromatic nitrogens is 1. The van der Waals surface area contributed by atoms with Crippen molar-refractivity contribution in [2.45, 2.75) is 96.1 Å². The Balaban J connectivity index is 1.44. The van der Waals surface area contributed by atoms with Gasteiger partial charge in [0, 0.05) is 35.6 Å². The zero-order valence-corrected chi connectivity index (χ0v) is 27.1. The van der Waals surface area contributed by atoms with Crippen molar-refractivity contribution < 1.29 is 38.5 Å². The second-order valence-electron chi connectivity index (χ2n) is 13.7. The molecule has 5 rings (SSSR count). The van der Waals surface area contributed by atoms with Crippen LogP contribution in [0, 0.1) is 18.3 Å². The Kier molecular flexibility index (Phi) is 9.19. The maximum Gasteiger partial charge on any atom is 0.408 e. The molecule has 3 fully saturated rings. The Morgan fingerprint density at radius 3 is 2.50 bits per heavy atom. The van der Waals surface area contributed by atoms with E-state index in [9.17, 15) is 24.3 Å². The molecular weight excluding hydrogens is 592 g/mol. The van der Waals surface area contributed by atoms with Crippen molar-refractivity contribution in [2.24, 2.45) is 11.3 Å². The van der Waals surface area contributed by atoms with Crippen LogP contribution in [-0.4, -0.2) is 82.4 Å². The smallest absolute Gasteiger partial charge is 0.408 e. The van der Waals surface area contributed by atoms with Crippen LogP contribution in [0.25, 0.3) is 10.9 Å². The second-order valence-corrected chi connectivity index (χ2v) is 13.7. The van der Waals surface area contributed by atoms with Gasteiger partial charge >= 0.3 is 12.1 Å². The van der Waals surface area contributed by atoms with Gasteiger partial charge in [-0.3, -0.25) is 14.6 Å². The number of nitrogens with one attached hydrogen (secondary N) is 2. The standard InChI is InChI=1S/C34H44N4O8/c1-7-20-17-34(20,31(41)42)37-29(39)24-15-22(45-26-16-25(44-6)19(2)27-23(26)13-10-14-35-27)18-38(24)30(40)28(33(3,4)5)36-32(43)46-21-11-8-9-12-21/h7,10,13-14,16,20-22,24,28H,1,8-9,11-12,15,17-18H2,2-6H3,(H,36,43)(H,37,39)(H,41,42)/t20?,22-,24+,28-,34-/m1/s1. The minimum atomic E-state index is -1.48. The van der Waals surface area contributed by atoms with Gasteiger partial charge in [-0.05, 0) is 56.6 Å². The molecule has 1 aromatic heterocycles. The van der Waals surface area contributed by atoms with E-state index in [-0.39, 0.29) is 25.5 Å². The first-order valence-electron chi connectivity index (χ1n) is 15.8. The van der Waals surface area contributed by atoms with E-state index in [1.54, 1.807) is 25.4 Å². The zero-order valence-electron chi connectivity index (χ0n) is 27.1. The third-order valence-electron chi connectivity index (χ3n) is 9.40. The van der Waals surface area contributed by atoms with Gasteiger partial charge in [-0.15, -0.1) is 6.58 Å². The molecule has 1 aromatic carbocycles. The first-order chi connectivity index (χ1) is 21.8. The van der Waals surface area contributed by atoms with Crippen molar-refractivity contribution in [3.8, 4) is 11.5 Å². The fourth-order valence-electron chi connectivity index (χ4n) is 6.63. The molecule has 3 amide bonds. The number of benzene rings is 1. The predicted molar refractivity (Wildman–Crippen MR) is 169 cm³/mol. The highest BCUT2D eigenvalue weighted by Crippen LogP contribution is 2.45. The molecule has 2 aromatic rings. The van der Waals surface area contributed by atoms with E-state index in [1.165, 1.54) is 11.0 Å². The molecule has 1 saturated heterocycles. The number of fused-ring (bicyclic) bond motifs is 1. The molecule has 2 saturated carbocycles. The van der Waals surface area contributed by atoms with Crippen molar-refractivity contribution in [1.82, 2.24) is 20.5 Å². The lowest BCUT2D eigenvalue weighted by atomic mass is 9.85. The lowest BCUT2D eigenvalue weighted by molar-refractivity contribution is -0.146. The van der Waals surface area contributed by atoms with Crippen LogP contribution in [0.3, 0.4) is 0 Å². The first-order valence-corrected chi connectivity index (χ1v) is 15.8. The van der Waals surface area contributed by atoms with Crippen LogP contribution in [0.2, 0.25) is 0 Å². The van der Waals surface area contributed by atoms with E-state index in [2.05, 4.69) is 22.2 Å². The minimum Gasteiger partial charge on any atom is -0.496 e. The minimum absolute atomic E-state index is 0.0196. The highest BCUT2D eigenvalue weighted by Gasteiger charge is 2.61. The largest absolute Gasteiger partial charge is 0.496 e. The summed E-state index contributed by atoms with van der Waals surface area (Å²) in [6.07, 6.45) is 5.48. The number of aliphatic carboxylic acids is 1. The molecule has 1 unspecified atom stereocenters. The molecule has 3 aliphatic rings. The molecule has 0 bridgehead atoms. The Morgan fingerprint density at radius 1 is 1.17 bits per heavy atom. The SMILES string of the molecule is C=CC1C[C@]1(NC(=O)[C@@H]1C[C@@H](Oc2cc(OC)c(C)c3ncccc23)CN1C(=O)[C@@H](NC(=O)OC1CCCC1)C(C)(C)C)C(=O)O. The van der Waals surface area contributed by atoms with Crippen molar-refractivity contribution in [3.63, 3.8) is 0 Å². The quantitative estimate of drug-likeness (QED) is 0.326. The predicted octanol–water partition coefficient (Wildman–Crippen LogP) is 4.13. The molecule has 46 heavy (non-hydrogen) atoms. The summed E-state index contributed by atoms with van der Waals surface area (Å²) in [5.74, 6) is -1.64. The zero-order chi connectivity index (χ0) is 33.4. The molecule has 0 radical (unpaired) electrons. The molecule has 12 heteroatoms. The number of carboxylic acids is 1. The molecule has 2 aliphatic carbocycles. The summed E-state index contributed by atoms with van der Waals surface area (Å²) < 4.78 is 17.7. The summed E-state index contributed by atoms with van der Waals surface area (Å²) in [5, 5.41) is 16.2. The van der Waals surface area contributed by atoms with E-state index < -0.39 is 58.9 Å². The van der Waals surface area contributed by atoms with Crippen LogP contribution in [0.15, 0.2) is 37.1 Å². The molecule has 0 spiro atoms. The number of hydrogen-bond acceptors (Lipinski definition) is 8. The summed E-state index contributed by atoms with van der Waals surface area (Å²) in [6, 6.07) is 3.34. The van der Waals surface area contributed by atoms with Gasteiger partial charge < -0.3 is 34.9 Å². The monoisotopic (exact) mass is 636 g/mol. The molecule has 5 atom stereocenters. The first kappa shape index (κ1) is 33.0. The number of ether oxygens (including phenoxy) is 3. The van der Waals surface area contributed by atoms with Crippen LogP contribution in [-0.2, 0) is 19.1 Å². The fourth-order valence-corrected chi connectivity index (χ4v) is 6.63. The number of methoxy groups -OCH3 is 1. The van der Waals surface area contributed by atoms with Crippen LogP contribution >= 0.6 is 0 Å². The Morgan fingerprint density at radius 2 is 1.89 bits per heavy atom. The number of amides is 3. The van der Waals surface area contributed by atoms with Crippen molar-refractivity contribution in [1.29, 1.82) is 0 Å². The summed E-state index contributed by atoms with van der Waals surface area (Å²) in [7, 11) is 1.56. The summed E-state index contributed by atoms with van der Waals surface area (Å²) in [4.78, 5) is 59.2. The van der Waals surface area contributed by atoms with Gasteiger partial charge in [0.15, 0.2) is 0 Å². The van der Waals surface area contributed by atoms with E-state index in [4.69, 9.17) is 14.2 Å². The van der Waals surface area contributed by atoms with Crippen molar-refractivity contribution in [2.75, 3.05) is 13.7 Å². The molecule has 12 nitrogen and oxygen atoms in total. The fraction of sp³-hybridized carbons (Fsp3) is 0.559. The van der Waals surface area contributed by atoms with E-state index in [0.29, 0.717) is 17.0 Å². The van der Waals surface area contributed by atoms with Crippen molar-refractivity contribution in [3.05, 3.63) is 42.6 Å². The maximum absolute atomic E-state index is 14.3. The average Bonchev–Trinajstić information content (AvgIpc) is 3.29. The number of nitrogens with zero attached hydrogens (tertiary/aromatic N) is 2. The molecular formula is C34H44N4O8. The van der Waals surface area contributed by atoms with Crippen LogP contribution in [0.1, 0.15) is 64.9 Å². The highest BCUT2D eigenvalue weighted by molar-refractivity contribution is 5.96. The van der Waals surface area contributed by atoms with Gasteiger partial charge in [0.25, 0.3) is 0 Å². The number of carbonyl (C=O) groups is 4. The molecule has 3 N–H and O–H groups in total. The second kappa shape index (κ2) is 12.8. The Labute approximate surface area is 268 Å². The number of pyridine rings is 1. The van der Waals surface area contributed by atoms with Gasteiger partial charge in [0.1, 0.15) is 41.3 Å². The van der Waals surface area contributed by atoms with Crippen molar-refractivity contribution >= 4 is 34.8 Å².